The van der Waals surface area contributed by atoms with Crippen molar-refractivity contribution < 1.29 is 35.8 Å². The number of para-hydroxylation sites is 1. The van der Waals surface area contributed by atoms with E-state index < -0.39 is 37.1 Å². The molecule has 0 aliphatic heterocycles. The average Bonchev–Trinajstić information content (AvgIpc) is 3.46. The first-order chi connectivity index (χ1) is 17.7. The lowest BCUT2D eigenvalue weighted by molar-refractivity contribution is -0.140. The van der Waals surface area contributed by atoms with E-state index >= 15 is 0 Å². The Morgan fingerprint density at radius 3 is 2.49 bits per heavy atom. The standard InChI is InChI=1S/C24H17F5N4O4/c1-35-14-8-5-9-15-19(14)31-22(37-15)18-13(10-36-11-16(25)26)30-21-17(12-6-3-2-4-7-12)20(24(27,28)29)32-33(21)23(18)34/h2-9,16,32H,10-11H2,1H3. The SMILES string of the molecule is COc1cccc2oc(-c3c(COCC(F)F)nc4c(-c5ccccc5)c(C(F)(F)F)[nH]n4c3=O)nc12. The van der Waals surface area contributed by atoms with Gasteiger partial charge in [-0.1, -0.05) is 36.4 Å². The second-order valence-corrected chi connectivity index (χ2v) is 7.86. The van der Waals surface area contributed by atoms with E-state index in [1.54, 1.807) is 24.3 Å². The van der Waals surface area contributed by atoms with Crippen LogP contribution < -0.4 is 10.3 Å². The third-order valence-corrected chi connectivity index (χ3v) is 5.50. The molecule has 192 valence electrons. The van der Waals surface area contributed by atoms with Gasteiger partial charge >= 0.3 is 6.18 Å². The largest absolute Gasteiger partial charge is 0.494 e. The molecule has 0 saturated carbocycles. The molecule has 5 rings (SSSR count). The number of halogens is 5. The smallest absolute Gasteiger partial charge is 0.433 e. The summed E-state index contributed by atoms with van der Waals surface area (Å²) >= 11 is 0. The van der Waals surface area contributed by atoms with Gasteiger partial charge < -0.3 is 13.9 Å². The molecule has 3 aromatic heterocycles. The highest BCUT2D eigenvalue weighted by atomic mass is 19.4. The molecule has 1 N–H and O–H groups in total. The summed E-state index contributed by atoms with van der Waals surface area (Å²) in [5, 5.41) is 2.10. The minimum absolute atomic E-state index is 0.138. The number of aromatic nitrogens is 4. The van der Waals surface area contributed by atoms with Gasteiger partial charge in [0.15, 0.2) is 16.7 Å². The number of nitrogens with zero attached hydrogens (tertiary/aromatic N) is 3. The molecule has 8 nitrogen and oxygen atoms in total. The summed E-state index contributed by atoms with van der Waals surface area (Å²) in [4.78, 5) is 22.1. The first kappa shape index (κ1) is 24.4. The minimum atomic E-state index is -4.87. The van der Waals surface area contributed by atoms with Crippen molar-refractivity contribution in [3.8, 4) is 28.3 Å². The molecule has 0 spiro atoms. The van der Waals surface area contributed by atoms with Crippen LogP contribution in [0.2, 0.25) is 0 Å². The van der Waals surface area contributed by atoms with Crippen molar-refractivity contribution in [1.29, 1.82) is 0 Å². The van der Waals surface area contributed by atoms with Gasteiger partial charge in [-0.15, -0.1) is 0 Å². The van der Waals surface area contributed by atoms with Crippen LogP contribution in [0.4, 0.5) is 22.0 Å². The van der Waals surface area contributed by atoms with Crippen molar-refractivity contribution in [2.75, 3.05) is 13.7 Å². The molecule has 2 aromatic carbocycles. The van der Waals surface area contributed by atoms with Gasteiger partial charge in [0.2, 0.25) is 5.89 Å². The number of ether oxygens (including phenoxy) is 2. The molecule has 0 saturated heterocycles. The summed E-state index contributed by atoms with van der Waals surface area (Å²) in [7, 11) is 1.40. The molecule has 0 atom stereocenters. The topological polar surface area (TPSA) is 94.6 Å². The fourth-order valence-electron chi connectivity index (χ4n) is 3.96. The number of alkyl halides is 5. The van der Waals surface area contributed by atoms with Crippen molar-refractivity contribution >= 4 is 16.7 Å². The van der Waals surface area contributed by atoms with E-state index in [9.17, 15) is 26.7 Å². The number of H-pyrrole nitrogens is 1. The second-order valence-electron chi connectivity index (χ2n) is 7.86. The van der Waals surface area contributed by atoms with Crippen LogP contribution >= 0.6 is 0 Å². The molecule has 0 unspecified atom stereocenters. The van der Waals surface area contributed by atoms with Crippen molar-refractivity contribution in [3.63, 3.8) is 0 Å². The van der Waals surface area contributed by atoms with Crippen LogP contribution in [0.3, 0.4) is 0 Å². The maximum absolute atomic E-state index is 14.0. The lowest BCUT2D eigenvalue weighted by Gasteiger charge is -2.09. The Bertz CT molecular complexity index is 1640. The number of rotatable bonds is 7. The van der Waals surface area contributed by atoms with Crippen LogP contribution in [-0.4, -0.2) is 39.7 Å². The highest BCUT2D eigenvalue weighted by molar-refractivity contribution is 5.84. The molecule has 37 heavy (non-hydrogen) atoms. The normalized spacial score (nSPS) is 12.2. The van der Waals surface area contributed by atoms with Crippen molar-refractivity contribution in [1.82, 2.24) is 19.6 Å². The van der Waals surface area contributed by atoms with E-state index in [2.05, 4.69) is 15.1 Å². The Balaban J connectivity index is 1.81. The molecule has 3 heterocycles. The van der Waals surface area contributed by atoms with Gasteiger partial charge in [-0.25, -0.2) is 18.7 Å². The number of benzene rings is 2. The molecule has 0 aliphatic rings. The highest BCUT2D eigenvalue weighted by Gasteiger charge is 2.39. The second kappa shape index (κ2) is 9.32. The van der Waals surface area contributed by atoms with E-state index in [0.29, 0.717) is 10.3 Å². The molecular weight excluding hydrogens is 503 g/mol. The lowest BCUT2D eigenvalue weighted by Crippen LogP contribution is -2.21. The van der Waals surface area contributed by atoms with Gasteiger partial charge in [0.1, 0.15) is 23.6 Å². The number of aromatic amines is 1. The minimum Gasteiger partial charge on any atom is -0.494 e. The molecule has 0 aliphatic carbocycles. The zero-order valence-electron chi connectivity index (χ0n) is 19.0. The van der Waals surface area contributed by atoms with Crippen molar-refractivity contribution in [3.05, 3.63) is 70.3 Å². The molecule has 0 radical (unpaired) electrons. The summed E-state index contributed by atoms with van der Waals surface area (Å²) in [6.07, 6.45) is -7.69. The first-order valence-corrected chi connectivity index (χ1v) is 10.8. The van der Waals surface area contributed by atoms with Crippen LogP contribution in [0.25, 0.3) is 39.3 Å². The number of methoxy groups -OCH3 is 1. The van der Waals surface area contributed by atoms with Crippen LogP contribution in [0.5, 0.6) is 5.75 Å². The Kier molecular flexibility index (Phi) is 6.15. The van der Waals surface area contributed by atoms with Crippen LogP contribution in [-0.2, 0) is 17.5 Å². The van der Waals surface area contributed by atoms with Crippen molar-refractivity contribution in [2.24, 2.45) is 0 Å². The van der Waals surface area contributed by atoms with Crippen LogP contribution in [0.1, 0.15) is 11.4 Å². The summed E-state index contributed by atoms with van der Waals surface area (Å²) in [6.45, 7) is -1.59. The van der Waals surface area contributed by atoms with Crippen LogP contribution in [0.15, 0.2) is 57.7 Å². The van der Waals surface area contributed by atoms with Gasteiger partial charge in [-0.2, -0.15) is 17.7 Å². The van der Waals surface area contributed by atoms with E-state index in [4.69, 9.17) is 13.9 Å². The summed E-state index contributed by atoms with van der Waals surface area (Å²) in [5.74, 6) is 0.0363. The maximum atomic E-state index is 14.0. The maximum Gasteiger partial charge on any atom is 0.433 e. The molecule has 5 aromatic rings. The molecule has 13 heteroatoms. The third-order valence-electron chi connectivity index (χ3n) is 5.50. The van der Waals surface area contributed by atoms with Crippen LogP contribution in [0, 0.1) is 0 Å². The quantitative estimate of drug-likeness (QED) is 0.293. The number of nitrogens with one attached hydrogen (secondary N) is 1. The fraction of sp³-hybridized carbons (Fsp3) is 0.208. The Hall–Kier alpha value is -4.26. The number of hydrogen-bond acceptors (Lipinski definition) is 6. The van der Waals surface area contributed by atoms with Gasteiger partial charge in [0.05, 0.1) is 25.0 Å². The van der Waals surface area contributed by atoms with Crippen molar-refractivity contribution in [2.45, 2.75) is 19.2 Å². The lowest BCUT2D eigenvalue weighted by atomic mass is 10.1. The number of fused-ring (bicyclic) bond motifs is 2. The highest BCUT2D eigenvalue weighted by Crippen LogP contribution is 2.39. The zero-order chi connectivity index (χ0) is 26.3. The number of oxazole rings is 1. The Morgan fingerprint density at radius 1 is 1.05 bits per heavy atom. The zero-order valence-corrected chi connectivity index (χ0v) is 19.0. The van der Waals surface area contributed by atoms with E-state index in [1.807, 2.05) is 0 Å². The van der Waals surface area contributed by atoms with E-state index in [1.165, 1.54) is 31.4 Å². The first-order valence-electron chi connectivity index (χ1n) is 10.8. The number of hydrogen-bond donors (Lipinski definition) is 1. The molecule has 0 amide bonds. The predicted octanol–water partition coefficient (Wildman–Crippen LogP) is 5.31. The predicted molar refractivity (Wildman–Crippen MR) is 121 cm³/mol. The molecule has 0 fully saturated rings. The van der Waals surface area contributed by atoms with Gasteiger partial charge in [-0.05, 0) is 17.7 Å². The van der Waals surface area contributed by atoms with Gasteiger partial charge in [0.25, 0.3) is 12.0 Å². The molecular formula is C24H17F5N4O4. The van der Waals surface area contributed by atoms with E-state index in [-0.39, 0.29) is 45.0 Å². The fourth-order valence-corrected chi connectivity index (χ4v) is 3.96. The third kappa shape index (κ3) is 4.42. The summed E-state index contributed by atoms with van der Waals surface area (Å²) < 4.78 is 84.1. The monoisotopic (exact) mass is 520 g/mol. The molecule has 0 bridgehead atoms. The van der Waals surface area contributed by atoms with E-state index in [0.717, 1.165) is 0 Å². The average molecular weight is 520 g/mol. The Labute approximate surface area is 204 Å². The Morgan fingerprint density at radius 2 is 1.81 bits per heavy atom. The summed E-state index contributed by atoms with van der Waals surface area (Å²) in [6, 6.07) is 12.3. The van der Waals surface area contributed by atoms with Gasteiger partial charge in [-0.3, -0.25) is 9.89 Å². The summed E-state index contributed by atoms with van der Waals surface area (Å²) in [5.41, 5.74) is -2.90. The van der Waals surface area contributed by atoms with Gasteiger partial charge in [0, 0.05) is 0 Å².